The average Bonchev–Trinajstić information content (AvgIpc) is 2.93. The van der Waals surface area contributed by atoms with Gasteiger partial charge in [0.05, 0.1) is 26.4 Å². The lowest BCUT2D eigenvalue weighted by atomic mass is 10.0. The third-order valence-electron chi connectivity index (χ3n) is 6.77. The van der Waals surface area contributed by atoms with E-state index in [-0.39, 0.29) is 32.5 Å². The predicted octanol–water partition coefficient (Wildman–Crippen LogP) is -0.133. The molecule has 0 saturated carbocycles. The normalized spacial score (nSPS) is 35.3. The Hall–Kier alpha value is -0.520. The van der Waals surface area contributed by atoms with Crippen LogP contribution in [0.2, 0.25) is 0 Å². The van der Waals surface area contributed by atoms with Crippen molar-refractivity contribution in [2.24, 2.45) is 0 Å². The van der Waals surface area contributed by atoms with Gasteiger partial charge in [0.15, 0.2) is 12.6 Å². The van der Waals surface area contributed by atoms with Crippen molar-refractivity contribution in [1.29, 1.82) is 0 Å². The molecule has 1 unspecified atom stereocenters. The quantitative estimate of drug-likeness (QED) is 0.243. The molecular formula is C24H46O13. The van der Waals surface area contributed by atoms with Crippen molar-refractivity contribution < 1.29 is 61.6 Å². The molecule has 13 nitrogen and oxygen atoms in total. The van der Waals surface area contributed by atoms with Crippen LogP contribution < -0.4 is 0 Å². The highest BCUT2D eigenvalue weighted by Crippen LogP contribution is 2.31. The molecular weight excluding hydrogens is 496 g/mol. The second kappa shape index (κ2) is 17.2. The van der Waals surface area contributed by atoms with Gasteiger partial charge in [-0.15, -0.1) is 0 Å². The fraction of sp³-hybridized carbons (Fsp3) is 1.00. The van der Waals surface area contributed by atoms with Gasteiger partial charge in [-0.3, -0.25) is 0 Å². The molecule has 0 aromatic heterocycles. The second-order valence-electron chi connectivity index (χ2n) is 8.71. The van der Waals surface area contributed by atoms with E-state index in [2.05, 4.69) is 0 Å². The Balaban J connectivity index is 2.28. The Morgan fingerprint density at radius 3 is 1.46 bits per heavy atom. The summed E-state index contributed by atoms with van der Waals surface area (Å²) in [6, 6.07) is 0. The van der Waals surface area contributed by atoms with Crippen LogP contribution in [-0.4, -0.2) is 158 Å². The number of rotatable bonds is 17. The Kier molecular flexibility index (Phi) is 15.2. The summed E-state index contributed by atoms with van der Waals surface area (Å²) in [5.74, 6) is 0. The van der Waals surface area contributed by atoms with Gasteiger partial charge in [-0.1, -0.05) is 0 Å². The van der Waals surface area contributed by atoms with Crippen molar-refractivity contribution in [3.05, 3.63) is 0 Å². The minimum absolute atomic E-state index is 0.182. The van der Waals surface area contributed by atoms with Crippen LogP contribution in [0.4, 0.5) is 0 Å². The lowest BCUT2D eigenvalue weighted by Crippen LogP contribution is -2.63. The average molecular weight is 543 g/mol. The van der Waals surface area contributed by atoms with E-state index in [9.17, 15) is 0 Å². The molecule has 0 amide bonds. The highest BCUT2D eigenvalue weighted by molar-refractivity contribution is 4.92. The highest BCUT2D eigenvalue weighted by atomic mass is 16.8. The summed E-state index contributed by atoms with van der Waals surface area (Å²) in [6.45, 7) is 0.973. The van der Waals surface area contributed by atoms with Crippen molar-refractivity contribution >= 4 is 0 Å². The zero-order chi connectivity index (χ0) is 27.4. The molecule has 2 rings (SSSR count). The summed E-state index contributed by atoms with van der Waals surface area (Å²) < 4.78 is 75.3. The zero-order valence-electron chi connectivity index (χ0n) is 23.5. The lowest BCUT2D eigenvalue weighted by Gasteiger charge is -2.46. The first-order chi connectivity index (χ1) is 18.0. The smallest absolute Gasteiger partial charge is 0.187 e. The Labute approximate surface area is 220 Å². The van der Waals surface area contributed by atoms with Crippen LogP contribution in [-0.2, 0) is 61.6 Å². The third kappa shape index (κ3) is 8.24. The number of methoxy groups -OCH3 is 9. The molecule has 0 N–H and O–H groups in total. The molecule has 2 aliphatic rings. The largest absolute Gasteiger partial charge is 0.382 e. The first-order valence-electron chi connectivity index (χ1n) is 12.2. The minimum atomic E-state index is -0.857. The van der Waals surface area contributed by atoms with Crippen LogP contribution in [0, 0.1) is 0 Å². The molecule has 0 aromatic rings. The SMILES string of the molecule is COC[C@H](OC)C(O[C@@H]1OC[C@@H](OC)[C@H](O[C@@H]2OC[C@@H](OC)[C@H](OC)[C@H]2OC)[C@H]1OC)[C@@H](COC)OC. The number of hydrogen-bond acceptors (Lipinski definition) is 13. The standard InChI is InChI=1S/C24H46O13/c1-25-10-14(27-3)18(15(28-4)11-26-2)36-24-22(33-9)20(17(30-6)13-35-24)37-23-21(32-8)19(31-7)16(29-5)12-34-23/h14-24H,10-13H2,1-9H3/t14-,15+,16-,17-,18?,19+,20+,21-,22-,23+,24+/m1/s1. The van der Waals surface area contributed by atoms with Crippen LogP contribution in [0.1, 0.15) is 0 Å². The maximum atomic E-state index is 6.44. The van der Waals surface area contributed by atoms with Gasteiger partial charge >= 0.3 is 0 Å². The van der Waals surface area contributed by atoms with Crippen LogP contribution in [0.5, 0.6) is 0 Å². The molecule has 0 aliphatic carbocycles. The monoisotopic (exact) mass is 542 g/mol. The molecule has 13 heteroatoms. The molecule has 0 aromatic carbocycles. The van der Waals surface area contributed by atoms with E-state index in [0.29, 0.717) is 0 Å². The van der Waals surface area contributed by atoms with E-state index in [0.717, 1.165) is 0 Å². The van der Waals surface area contributed by atoms with Gasteiger partial charge in [-0.05, 0) is 0 Å². The van der Waals surface area contributed by atoms with Crippen LogP contribution in [0.3, 0.4) is 0 Å². The molecule has 220 valence electrons. The molecule has 11 atom stereocenters. The van der Waals surface area contributed by atoms with Crippen molar-refractivity contribution in [1.82, 2.24) is 0 Å². The molecule has 0 spiro atoms. The van der Waals surface area contributed by atoms with Gasteiger partial charge in [-0.25, -0.2) is 0 Å². The van der Waals surface area contributed by atoms with Crippen molar-refractivity contribution in [2.45, 2.75) is 67.5 Å². The van der Waals surface area contributed by atoms with E-state index in [1.54, 1.807) is 64.0 Å². The minimum Gasteiger partial charge on any atom is -0.382 e. The zero-order valence-corrected chi connectivity index (χ0v) is 23.5. The molecule has 0 radical (unpaired) electrons. The molecule has 2 saturated heterocycles. The first kappa shape index (κ1) is 32.7. The van der Waals surface area contributed by atoms with Crippen molar-refractivity contribution in [2.75, 3.05) is 90.4 Å². The topological polar surface area (TPSA) is 120 Å². The van der Waals surface area contributed by atoms with Gasteiger partial charge in [0, 0.05) is 64.0 Å². The summed E-state index contributed by atoms with van der Waals surface area (Å²) in [5.41, 5.74) is 0. The fourth-order valence-corrected chi connectivity index (χ4v) is 4.72. The molecule has 2 aliphatic heterocycles. The van der Waals surface area contributed by atoms with Crippen molar-refractivity contribution in [3.63, 3.8) is 0 Å². The highest BCUT2D eigenvalue weighted by Gasteiger charge is 2.50. The molecule has 37 heavy (non-hydrogen) atoms. The van der Waals surface area contributed by atoms with Gasteiger partial charge in [0.1, 0.15) is 54.9 Å². The summed E-state index contributed by atoms with van der Waals surface area (Å²) in [6.07, 6.45) is -6.29. The predicted molar refractivity (Wildman–Crippen MR) is 129 cm³/mol. The first-order valence-corrected chi connectivity index (χ1v) is 12.2. The van der Waals surface area contributed by atoms with Crippen LogP contribution >= 0.6 is 0 Å². The van der Waals surface area contributed by atoms with Gasteiger partial charge < -0.3 is 61.6 Å². The van der Waals surface area contributed by atoms with Gasteiger partial charge in [0.2, 0.25) is 0 Å². The number of hydrogen-bond donors (Lipinski definition) is 0. The van der Waals surface area contributed by atoms with E-state index in [1.165, 1.54) is 0 Å². The van der Waals surface area contributed by atoms with E-state index < -0.39 is 61.4 Å². The van der Waals surface area contributed by atoms with E-state index >= 15 is 0 Å². The van der Waals surface area contributed by atoms with Crippen molar-refractivity contribution in [3.8, 4) is 0 Å². The fourth-order valence-electron chi connectivity index (χ4n) is 4.72. The van der Waals surface area contributed by atoms with E-state index in [1.807, 2.05) is 0 Å². The third-order valence-corrected chi connectivity index (χ3v) is 6.77. The molecule has 2 fully saturated rings. The molecule has 2 heterocycles. The molecule has 0 bridgehead atoms. The second-order valence-corrected chi connectivity index (χ2v) is 8.71. The summed E-state index contributed by atoms with van der Waals surface area (Å²) >= 11 is 0. The summed E-state index contributed by atoms with van der Waals surface area (Å²) in [4.78, 5) is 0. The maximum Gasteiger partial charge on any atom is 0.187 e. The summed E-state index contributed by atoms with van der Waals surface area (Å²) in [5, 5.41) is 0. The van der Waals surface area contributed by atoms with E-state index in [4.69, 9.17) is 61.6 Å². The Morgan fingerprint density at radius 1 is 0.568 bits per heavy atom. The van der Waals surface area contributed by atoms with Crippen LogP contribution in [0.15, 0.2) is 0 Å². The Bertz CT molecular complexity index is 585. The van der Waals surface area contributed by atoms with Crippen LogP contribution in [0.25, 0.3) is 0 Å². The lowest BCUT2D eigenvalue weighted by molar-refractivity contribution is -0.352. The summed E-state index contributed by atoms with van der Waals surface area (Å²) in [7, 11) is 14.2. The maximum absolute atomic E-state index is 6.44. The Morgan fingerprint density at radius 2 is 1.03 bits per heavy atom. The number of ether oxygens (including phenoxy) is 13. The van der Waals surface area contributed by atoms with Gasteiger partial charge in [-0.2, -0.15) is 0 Å². The van der Waals surface area contributed by atoms with Gasteiger partial charge in [0.25, 0.3) is 0 Å².